The normalized spacial score (nSPS) is 12.9. The monoisotopic (exact) mass is 261 g/mol. The van der Waals surface area contributed by atoms with E-state index in [1.165, 1.54) is 11.5 Å². The Hall–Kier alpha value is -0.170. The second kappa shape index (κ2) is 8.00. The number of aromatic nitrogens is 2. The number of methoxy groups -OCH3 is 1. The highest BCUT2D eigenvalue weighted by Crippen LogP contribution is 2.21. The number of nitrogens with zero attached hydrogens (tertiary/aromatic N) is 2. The second-order valence-electron chi connectivity index (χ2n) is 3.35. The lowest BCUT2D eigenvalue weighted by molar-refractivity contribution is 0.174. The Morgan fingerprint density at radius 3 is 2.88 bits per heavy atom. The van der Waals surface area contributed by atoms with Crippen molar-refractivity contribution in [3.63, 3.8) is 0 Å². The summed E-state index contributed by atoms with van der Waals surface area (Å²) in [5, 5.41) is 3.39. The largest absolute Gasteiger partial charge is 0.383 e. The molecular formula is C10H19N3OS2. The van der Waals surface area contributed by atoms with Crippen molar-refractivity contribution in [3.8, 4) is 0 Å². The number of ether oxygens (including phenoxy) is 1. The van der Waals surface area contributed by atoms with Crippen molar-refractivity contribution >= 4 is 23.3 Å². The zero-order valence-corrected chi connectivity index (χ0v) is 11.7. The molecule has 1 heterocycles. The third kappa shape index (κ3) is 4.78. The Labute approximate surface area is 105 Å². The predicted molar refractivity (Wildman–Crippen MR) is 69.4 cm³/mol. The molecule has 0 aliphatic heterocycles. The number of likely N-dealkylation sites (N-methyl/N-ethyl adjacent to an activating group) is 1. The molecule has 1 aromatic rings. The van der Waals surface area contributed by atoms with Crippen LogP contribution in [0.1, 0.15) is 19.7 Å². The second-order valence-corrected chi connectivity index (χ2v) is 5.37. The van der Waals surface area contributed by atoms with Gasteiger partial charge in [-0.05, 0) is 18.1 Å². The Morgan fingerprint density at radius 2 is 2.31 bits per heavy atom. The van der Waals surface area contributed by atoms with Crippen molar-refractivity contribution < 1.29 is 4.74 Å². The molecule has 1 N–H and O–H groups in total. The van der Waals surface area contributed by atoms with Gasteiger partial charge in [-0.25, -0.2) is 4.98 Å². The zero-order valence-electron chi connectivity index (χ0n) is 10.0. The van der Waals surface area contributed by atoms with E-state index in [1.807, 2.05) is 0 Å². The van der Waals surface area contributed by atoms with Gasteiger partial charge in [0, 0.05) is 25.3 Å². The molecule has 1 aromatic heterocycles. The van der Waals surface area contributed by atoms with E-state index in [4.69, 9.17) is 4.74 Å². The molecule has 0 aliphatic rings. The summed E-state index contributed by atoms with van der Waals surface area (Å²) in [4.78, 5) is 4.42. The number of thioether (sulfide) groups is 1. The Morgan fingerprint density at radius 1 is 1.50 bits per heavy atom. The summed E-state index contributed by atoms with van der Waals surface area (Å²) in [6.45, 7) is 5.88. The number of hydrogen-bond donors (Lipinski definition) is 1. The summed E-state index contributed by atoms with van der Waals surface area (Å²) in [5.41, 5.74) is 0. The average Bonchev–Trinajstić information content (AvgIpc) is 2.74. The molecule has 0 spiro atoms. The van der Waals surface area contributed by atoms with Crippen LogP contribution in [0.15, 0.2) is 4.34 Å². The molecule has 1 atom stereocenters. The molecule has 0 saturated heterocycles. The minimum absolute atomic E-state index is 0.383. The van der Waals surface area contributed by atoms with Gasteiger partial charge in [0.25, 0.3) is 0 Å². The van der Waals surface area contributed by atoms with E-state index < -0.39 is 0 Å². The van der Waals surface area contributed by atoms with Gasteiger partial charge in [-0.1, -0.05) is 25.6 Å². The lowest BCUT2D eigenvalue weighted by Gasteiger charge is -2.15. The predicted octanol–water partition coefficient (Wildman–Crippen LogP) is 1.82. The van der Waals surface area contributed by atoms with Crippen LogP contribution in [0.4, 0.5) is 0 Å². The quantitative estimate of drug-likeness (QED) is 0.723. The molecule has 0 bridgehead atoms. The number of aryl methyl sites for hydroxylation is 1. The van der Waals surface area contributed by atoms with Gasteiger partial charge in [-0.3, -0.25) is 0 Å². The fourth-order valence-corrected chi connectivity index (χ4v) is 3.02. The number of rotatable bonds is 8. The first-order chi connectivity index (χ1) is 7.80. The SMILES string of the molecule is CCNC(COC)CSc1nc(CC)ns1. The molecule has 92 valence electrons. The number of hydrogen-bond acceptors (Lipinski definition) is 6. The Bertz CT molecular complexity index is 287. The van der Waals surface area contributed by atoms with Crippen molar-refractivity contribution in [3.05, 3.63) is 5.82 Å². The van der Waals surface area contributed by atoms with E-state index in [0.29, 0.717) is 6.04 Å². The molecule has 0 fully saturated rings. The summed E-state index contributed by atoms with van der Waals surface area (Å²) in [6.07, 6.45) is 0.909. The molecule has 0 radical (unpaired) electrons. The van der Waals surface area contributed by atoms with Crippen LogP contribution in [0.25, 0.3) is 0 Å². The van der Waals surface area contributed by atoms with E-state index in [0.717, 1.165) is 35.5 Å². The van der Waals surface area contributed by atoms with Crippen LogP contribution in [0.5, 0.6) is 0 Å². The van der Waals surface area contributed by atoms with Gasteiger partial charge >= 0.3 is 0 Å². The fraction of sp³-hybridized carbons (Fsp3) is 0.800. The minimum Gasteiger partial charge on any atom is -0.383 e. The maximum Gasteiger partial charge on any atom is 0.170 e. The first kappa shape index (κ1) is 13.9. The van der Waals surface area contributed by atoms with E-state index >= 15 is 0 Å². The highest BCUT2D eigenvalue weighted by molar-refractivity contribution is 8.00. The van der Waals surface area contributed by atoms with Crippen LogP contribution in [-0.4, -0.2) is 41.4 Å². The van der Waals surface area contributed by atoms with E-state index in [-0.39, 0.29) is 0 Å². The summed E-state index contributed by atoms with van der Waals surface area (Å²) in [7, 11) is 1.73. The van der Waals surface area contributed by atoms with Gasteiger partial charge in [0.2, 0.25) is 0 Å². The van der Waals surface area contributed by atoms with Crippen molar-refractivity contribution in [1.29, 1.82) is 0 Å². The Kier molecular flexibility index (Phi) is 6.95. The lowest BCUT2D eigenvalue weighted by Crippen LogP contribution is -2.35. The van der Waals surface area contributed by atoms with Gasteiger partial charge in [-0.2, -0.15) is 4.37 Å². The van der Waals surface area contributed by atoms with Crippen molar-refractivity contribution in [2.24, 2.45) is 0 Å². The van der Waals surface area contributed by atoms with Gasteiger partial charge in [0.05, 0.1) is 6.61 Å². The van der Waals surface area contributed by atoms with Crippen LogP contribution in [0.2, 0.25) is 0 Å². The molecule has 1 unspecified atom stereocenters. The van der Waals surface area contributed by atoms with E-state index in [2.05, 4.69) is 28.5 Å². The molecule has 0 aliphatic carbocycles. The standard InChI is InChI=1S/C10H19N3OS2/c1-4-9-12-10(16-13-9)15-7-8(6-14-3)11-5-2/h8,11H,4-7H2,1-3H3. The van der Waals surface area contributed by atoms with E-state index in [1.54, 1.807) is 18.9 Å². The molecule has 0 saturated carbocycles. The average molecular weight is 261 g/mol. The van der Waals surface area contributed by atoms with Gasteiger partial charge in [-0.15, -0.1) is 0 Å². The van der Waals surface area contributed by atoms with Crippen molar-refractivity contribution in [2.45, 2.75) is 30.6 Å². The summed E-state index contributed by atoms with van der Waals surface area (Å²) in [6, 6.07) is 0.383. The minimum atomic E-state index is 0.383. The first-order valence-corrected chi connectivity index (χ1v) is 7.23. The first-order valence-electron chi connectivity index (χ1n) is 5.47. The van der Waals surface area contributed by atoms with Crippen LogP contribution in [0, 0.1) is 0 Å². The van der Waals surface area contributed by atoms with E-state index in [9.17, 15) is 0 Å². The highest BCUT2D eigenvalue weighted by atomic mass is 32.2. The lowest BCUT2D eigenvalue weighted by atomic mass is 10.3. The van der Waals surface area contributed by atoms with Gasteiger partial charge < -0.3 is 10.1 Å². The summed E-state index contributed by atoms with van der Waals surface area (Å²) in [5.74, 6) is 1.92. The van der Waals surface area contributed by atoms with Crippen LogP contribution < -0.4 is 5.32 Å². The summed E-state index contributed by atoms with van der Waals surface area (Å²) < 4.78 is 10.5. The van der Waals surface area contributed by atoms with Crippen molar-refractivity contribution in [1.82, 2.24) is 14.7 Å². The smallest absolute Gasteiger partial charge is 0.170 e. The molecular weight excluding hydrogens is 242 g/mol. The highest BCUT2D eigenvalue weighted by Gasteiger charge is 2.09. The van der Waals surface area contributed by atoms with Gasteiger partial charge in [0.1, 0.15) is 5.82 Å². The summed E-state index contributed by atoms with van der Waals surface area (Å²) >= 11 is 3.23. The van der Waals surface area contributed by atoms with Crippen LogP contribution >= 0.6 is 23.3 Å². The van der Waals surface area contributed by atoms with Crippen molar-refractivity contribution in [2.75, 3.05) is 26.0 Å². The molecule has 4 nitrogen and oxygen atoms in total. The van der Waals surface area contributed by atoms with Gasteiger partial charge in [0.15, 0.2) is 4.34 Å². The Balaban J connectivity index is 2.35. The fourth-order valence-electron chi connectivity index (χ4n) is 1.27. The molecule has 16 heavy (non-hydrogen) atoms. The molecule has 6 heteroatoms. The maximum absolute atomic E-state index is 5.16. The van der Waals surface area contributed by atoms with Crippen LogP contribution in [-0.2, 0) is 11.2 Å². The topological polar surface area (TPSA) is 47.0 Å². The number of nitrogens with one attached hydrogen (secondary N) is 1. The zero-order chi connectivity index (χ0) is 11.8. The maximum atomic E-state index is 5.16. The molecule has 1 rings (SSSR count). The third-order valence-corrected chi connectivity index (χ3v) is 4.07. The van der Waals surface area contributed by atoms with Crippen LogP contribution in [0.3, 0.4) is 0 Å². The molecule has 0 amide bonds. The third-order valence-electron chi connectivity index (χ3n) is 2.03. The molecule has 0 aromatic carbocycles.